The van der Waals surface area contributed by atoms with Crippen LogP contribution in [0.15, 0.2) is 29.3 Å². The van der Waals surface area contributed by atoms with E-state index in [2.05, 4.69) is 9.48 Å². The molecule has 30 heavy (non-hydrogen) atoms. The number of carbonyl (C=O) groups is 2. The molecule has 158 valence electrons. The van der Waals surface area contributed by atoms with E-state index in [0.29, 0.717) is 11.9 Å². The van der Waals surface area contributed by atoms with Gasteiger partial charge in [0.15, 0.2) is 0 Å². The summed E-state index contributed by atoms with van der Waals surface area (Å²) in [5, 5.41) is 0. The van der Waals surface area contributed by atoms with Crippen LogP contribution in [0, 0.1) is 5.82 Å². The topological polar surface area (TPSA) is 59.2 Å². The number of halogens is 1. The number of amides is 3. The molecular formula is C22H27FN5O2+. The molecule has 0 spiro atoms. The molecule has 1 aliphatic carbocycles. The second-order valence-electron chi connectivity index (χ2n) is 8.60. The molecule has 3 heterocycles. The van der Waals surface area contributed by atoms with Crippen LogP contribution in [0.1, 0.15) is 44.1 Å². The van der Waals surface area contributed by atoms with Crippen LogP contribution in [0.3, 0.4) is 0 Å². The van der Waals surface area contributed by atoms with Gasteiger partial charge in [-0.05, 0) is 30.5 Å². The first-order valence-corrected chi connectivity index (χ1v) is 10.9. The Morgan fingerprint density at radius 3 is 2.57 bits per heavy atom. The van der Waals surface area contributed by atoms with E-state index in [1.165, 1.54) is 41.2 Å². The molecule has 0 aromatic heterocycles. The molecule has 3 aliphatic heterocycles. The molecule has 0 N–H and O–H groups in total. The highest BCUT2D eigenvalue weighted by Crippen LogP contribution is 2.29. The number of urea groups is 1. The number of imide groups is 1. The quantitative estimate of drug-likeness (QED) is 0.717. The zero-order chi connectivity index (χ0) is 20.8. The minimum atomic E-state index is -0.561. The lowest BCUT2D eigenvalue weighted by molar-refractivity contribution is -0.546. The molecule has 1 saturated carbocycles. The number of benzene rings is 1. The first-order chi connectivity index (χ1) is 14.5. The highest BCUT2D eigenvalue weighted by atomic mass is 19.1. The number of fused-ring (bicyclic) bond motifs is 2. The summed E-state index contributed by atoms with van der Waals surface area (Å²) in [6, 6.07) is 5.43. The van der Waals surface area contributed by atoms with Crippen LogP contribution in [0.2, 0.25) is 0 Å². The third kappa shape index (κ3) is 3.09. The van der Waals surface area contributed by atoms with Gasteiger partial charge in [0.05, 0.1) is 25.7 Å². The average Bonchev–Trinajstić information content (AvgIpc) is 3.17. The van der Waals surface area contributed by atoms with Crippen molar-refractivity contribution in [3.8, 4) is 0 Å². The Bertz CT molecular complexity index is 935. The molecule has 0 bridgehead atoms. The Kier molecular flexibility index (Phi) is 4.79. The zero-order valence-electron chi connectivity index (χ0n) is 17.3. The number of nitrogens with zero attached hydrogens (tertiary/aromatic N) is 5. The van der Waals surface area contributed by atoms with Crippen LogP contribution in [0.25, 0.3) is 0 Å². The molecule has 7 nitrogen and oxygen atoms in total. The van der Waals surface area contributed by atoms with Crippen LogP contribution >= 0.6 is 0 Å². The molecule has 5 rings (SSSR count). The van der Waals surface area contributed by atoms with Crippen LogP contribution < -0.4 is 0 Å². The smallest absolute Gasteiger partial charge is 0.270 e. The minimum Gasteiger partial charge on any atom is -0.270 e. The van der Waals surface area contributed by atoms with Crippen LogP contribution in [-0.2, 0) is 11.3 Å². The van der Waals surface area contributed by atoms with Gasteiger partial charge in [-0.3, -0.25) is 19.5 Å². The van der Waals surface area contributed by atoms with Crippen LogP contribution in [0.5, 0.6) is 0 Å². The molecule has 1 atom stereocenters. The number of hydrogen-bond acceptors (Lipinski definition) is 4. The van der Waals surface area contributed by atoms with Crippen molar-refractivity contribution in [1.82, 2.24) is 14.7 Å². The van der Waals surface area contributed by atoms with Crippen molar-refractivity contribution in [3.05, 3.63) is 35.6 Å². The Balaban J connectivity index is 1.45. The predicted octanol–water partition coefficient (Wildman–Crippen LogP) is 2.41. The van der Waals surface area contributed by atoms with E-state index in [4.69, 9.17) is 4.99 Å². The summed E-state index contributed by atoms with van der Waals surface area (Å²) >= 11 is 0. The summed E-state index contributed by atoms with van der Waals surface area (Å²) < 4.78 is 15.3. The van der Waals surface area contributed by atoms with Crippen molar-refractivity contribution in [2.24, 2.45) is 4.99 Å². The molecule has 4 aliphatic rings. The Morgan fingerprint density at radius 2 is 1.83 bits per heavy atom. The van der Waals surface area contributed by atoms with Gasteiger partial charge < -0.3 is 0 Å². The third-order valence-corrected chi connectivity index (χ3v) is 6.71. The van der Waals surface area contributed by atoms with Gasteiger partial charge >= 0.3 is 12.0 Å². The minimum absolute atomic E-state index is 0.127. The second-order valence-corrected chi connectivity index (χ2v) is 8.60. The largest absolute Gasteiger partial charge is 0.392 e. The first kappa shape index (κ1) is 19.2. The number of amidine groups is 1. The van der Waals surface area contributed by atoms with Gasteiger partial charge in [0.2, 0.25) is 11.9 Å². The average molecular weight is 412 g/mol. The van der Waals surface area contributed by atoms with Crippen LogP contribution in [0.4, 0.5) is 9.18 Å². The molecule has 1 aromatic rings. The molecule has 8 heteroatoms. The summed E-state index contributed by atoms with van der Waals surface area (Å²) in [6.45, 7) is 1.83. The van der Waals surface area contributed by atoms with Crippen molar-refractivity contribution in [3.63, 3.8) is 0 Å². The summed E-state index contributed by atoms with van der Waals surface area (Å²) in [7, 11) is 1.68. The van der Waals surface area contributed by atoms with E-state index in [1.807, 2.05) is 0 Å². The van der Waals surface area contributed by atoms with Gasteiger partial charge in [-0.15, -0.1) is 0 Å². The molecule has 0 radical (unpaired) electrons. The van der Waals surface area contributed by atoms with Gasteiger partial charge in [0.1, 0.15) is 5.82 Å². The highest BCUT2D eigenvalue weighted by Gasteiger charge is 2.54. The Hall–Kier alpha value is -2.77. The maximum absolute atomic E-state index is 13.4. The molecule has 1 aromatic carbocycles. The monoisotopic (exact) mass is 412 g/mol. The third-order valence-electron chi connectivity index (χ3n) is 6.71. The van der Waals surface area contributed by atoms with Crippen molar-refractivity contribution >= 4 is 23.7 Å². The van der Waals surface area contributed by atoms with Crippen LogP contribution in [-0.4, -0.2) is 75.2 Å². The van der Waals surface area contributed by atoms with E-state index in [9.17, 15) is 14.0 Å². The van der Waals surface area contributed by atoms with Gasteiger partial charge in [-0.2, -0.15) is 0 Å². The lowest BCUT2D eigenvalue weighted by atomic mass is 9.94. The van der Waals surface area contributed by atoms with Crippen molar-refractivity contribution in [1.29, 1.82) is 0 Å². The second kappa shape index (κ2) is 7.49. The van der Waals surface area contributed by atoms with E-state index in [-0.39, 0.29) is 24.3 Å². The number of hydrogen-bond donors (Lipinski definition) is 0. The normalized spacial score (nSPS) is 24.9. The SMILES string of the molecule is CN1C(=O)N(Cc2ccc(F)cc2)C(=O)C2C1=NC1=[N+]2CCCN1C1CCCCC1. The zero-order valence-corrected chi connectivity index (χ0v) is 17.3. The number of guanidine groups is 1. The lowest BCUT2D eigenvalue weighted by Crippen LogP contribution is -2.63. The molecule has 1 saturated heterocycles. The number of rotatable bonds is 3. The number of aliphatic imine (C=N–C) groups is 1. The lowest BCUT2D eigenvalue weighted by Gasteiger charge is -2.35. The highest BCUT2D eigenvalue weighted by molar-refractivity contribution is 6.22. The standard InChI is InChI=1S/C22H27FN5O2/c1-25-19-18(20(29)28(22(25)30)14-15-8-10-16(23)11-9-15)27-13-5-12-26(21(27)24-19)17-6-3-2-4-7-17/h8-11,17-18H,2-7,12-14H2,1H3/q+1. The van der Waals surface area contributed by atoms with Crippen molar-refractivity contribution in [2.75, 3.05) is 20.1 Å². The van der Waals surface area contributed by atoms with Gasteiger partial charge in [-0.1, -0.05) is 36.4 Å². The van der Waals surface area contributed by atoms with Gasteiger partial charge in [-0.25, -0.2) is 13.8 Å². The van der Waals surface area contributed by atoms with E-state index in [0.717, 1.165) is 43.9 Å². The molecule has 1 unspecified atom stereocenters. The predicted molar refractivity (Wildman–Crippen MR) is 110 cm³/mol. The molecular weight excluding hydrogens is 385 g/mol. The van der Waals surface area contributed by atoms with E-state index < -0.39 is 6.04 Å². The Morgan fingerprint density at radius 1 is 1.10 bits per heavy atom. The Labute approximate surface area is 175 Å². The van der Waals surface area contributed by atoms with E-state index >= 15 is 0 Å². The number of likely N-dealkylation sites (N-methyl/N-ethyl adjacent to an activating group) is 1. The fourth-order valence-electron chi connectivity index (χ4n) is 5.13. The molecule has 2 fully saturated rings. The van der Waals surface area contributed by atoms with Crippen molar-refractivity contribution in [2.45, 2.75) is 57.2 Å². The summed E-state index contributed by atoms with van der Waals surface area (Å²) in [4.78, 5) is 36.3. The fourth-order valence-corrected chi connectivity index (χ4v) is 5.13. The number of carbonyl (C=O) groups excluding carboxylic acids is 2. The van der Waals surface area contributed by atoms with Crippen molar-refractivity contribution < 1.29 is 18.6 Å². The van der Waals surface area contributed by atoms with Gasteiger partial charge in [0.25, 0.3) is 5.91 Å². The summed E-state index contributed by atoms with van der Waals surface area (Å²) in [5.41, 5.74) is 0.719. The molecule has 3 amide bonds. The first-order valence-electron chi connectivity index (χ1n) is 10.9. The summed E-state index contributed by atoms with van der Waals surface area (Å²) in [6.07, 6.45) is 7.05. The fraction of sp³-hybridized carbons (Fsp3) is 0.545. The maximum Gasteiger partial charge on any atom is 0.392 e. The van der Waals surface area contributed by atoms with Gasteiger partial charge in [0, 0.05) is 13.5 Å². The van der Waals surface area contributed by atoms with E-state index in [1.54, 1.807) is 19.2 Å². The maximum atomic E-state index is 13.4. The summed E-state index contributed by atoms with van der Waals surface area (Å²) in [5.74, 6) is 0.789.